The van der Waals surface area contributed by atoms with Crippen molar-refractivity contribution in [1.29, 1.82) is 0 Å². The fourth-order valence-electron chi connectivity index (χ4n) is 4.90. The van der Waals surface area contributed by atoms with Crippen molar-refractivity contribution in [3.05, 3.63) is 71.4 Å². The molecule has 1 aliphatic rings. The maximum Gasteiger partial charge on any atom is 0.416 e. The lowest BCUT2D eigenvalue weighted by Gasteiger charge is -2.25. The lowest BCUT2D eigenvalue weighted by atomic mass is 10.0. The van der Waals surface area contributed by atoms with Gasteiger partial charge in [-0.2, -0.15) is 18.3 Å². The molecule has 2 aromatic heterocycles. The van der Waals surface area contributed by atoms with E-state index in [0.29, 0.717) is 41.6 Å². The Balaban J connectivity index is 1.80. The summed E-state index contributed by atoms with van der Waals surface area (Å²) in [4.78, 5) is 7.01. The molecule has 3 heterocycles. The molecule has 0 bridgehead atoms. The number of nitrogens with zero attached hydrogens (tertiary/aromatic N) is 4. The molecule has 4 aromatic rings. The van der Waals surface area contributed by atoms with Gasteiger partial charge in [0, 0.05) is 24.8 Å². The van der Waals surface area contributed by atoms with Gasteiger partial charge in [0.2, 0.25) is 0 Å². The molecule has 0 amide bonds. The van der Waals surface area contributed by atoms with Gasteiger partial charge in [0.05, 0.1) is 41.8 Å². The van der Waals surface area contributed by atoms with Crippen molar-refractivity contribution in [2.75, 3.05) is 24.7 Å². The van der Waals surface area contributed by atoms with Crippen LogP contribution < -0.4 is 4.90 Å². The largest absolute Gasteiger partial charge is 0.416 e. The van der Waals surface area contributed by atoms with E-state index >= 15 is 0 Å². The molecule has 5 rings (SSSR count). The van der Waals surface area contributed by atoms with Crippen LogP contribution in [0.1, 0.15) is 36.6 Å². The van der Waals surface area contributed by atoms with Crippen LogP contribution in [0.15, 0.2) is 54.6 Å². The maximum absolute atomic E-state index is 13.6. The molecule has 1 aliphatic heterocycles. The van der Waals surface area contributed by atoms with E-state index in [0.717, 1.165) is 41.7 Å². The van der Waals surface area contributed by atoms with E-state index in [4.69, 9.17) is 14.8 Å². The van der Waals surface area contributed by atoms with E-state index in [2.05, 4.69) is 0 Å². The summed E-state index contributed by atoms with van der Waals surface area (Å²) in [5.41, 5.74) is 4.11. The number of alkyl halides is 3. The average molecular weight is 511 g/mol. The Morgan fingerprint density at radius 1 is 1.08 bits per heavy atom. The molecule has 1 saturated heterocycles. The Kier molecular flexibility index (Phi) is 6.92. The first-order chi connectivity index (χ1) is 17.8. The zero-order valence-electron chi connectivity index (χ0n) is 20.8. The Labute approximate surface area is 213 Å². The standard InChI is InChI=1S/C28H29F3N4O2/c1-3-37-17-23-26(19-11-9-18(2)10-12-19)27-32-25(34-13-5-8-22(34)16-36)15-24(35(27)33-23)20-6-4-7-21(14-20)28(29,30)31/h4,6-7,9-12,14-15,22,36H,3,5,8,13,16-17H2,1-2H3. The van der Waals surface area contributed by atoms with Gasteiger partial charge in [-0.25, -0.2) is 9.50 Å². The summed E-state index contributed by atoms with van der Waals surface area (Å²) >= 11 is 0. The van der Waals surface area contributed by atoms with Crippen LogP contribution in [-0.4, -0.2) is 45.5 Å². The minimum Gasteiger partial charge on any atom is -0.394 e. The molecule has 1 N–H and O–H groups in total. The second-order valence-corrected chi connectivity index (χ2v) is 9.31. The van der Waals surface area contributed by atoms with Gasteiger partial charge in [0.15, 0.2) is 5.65 Å². The number of hydrogen-bond donors (Lipinski definition) is 1. The highest BCUT2D eigenvalue weighted by Gasteiger charge is 2.32. The molecule has 1 unspecified atom stereocenters. The van der Waals surface area contributed by atoms with Crippen molar-refractivity contribution >= 4 is 11.5 Å². The number of aliphatic hydroxyl groups is 1. The summed E-state index contributed by atoms with van der Waals surface area (Å²) < 4.78 is 48.1. The summed E-state index contributed by atoms with van der Waals surface area (Å²) in [6.07, 6.45) is -2.75. The molecular formula is C28H29F3N4O2. The van der Waals surface area contributed by atoms with Gasteiger partial charge in [-0.15, -0.1) is 0 Å². The van der Waals surface area contributed by atoms with Gasteiger partial charge < -0.3 is 14.7 Å². The second-order valence-electron chi connectivity index (χ2n) is 9.31. The molecule has 0 saturated carbocycles. The molecule has 1 fully saturated rings. The Hall–Kier alpha value is -3.43. The van der Waals surface area contributed by atoms with E-state index in [1.165, 1.54) is 6.07 Å². The second kappa shape index (κ2) is 10.1. The van der Waals surface area contributed by atoms with Gasteiger partial charge in [-0.1, -0.05) is 42.0 Å². The van der Waals surface area contributed by atoms with Crippen molar-refractivity contribution in [1.82, 2.24) is 14.6 Å². The number of halogens is 3. The fourth-order valence-corrected chi connectivity index (χ4v) is 4.90. The molecule has 6 nitrogen and oxygen atoms in total. The number of aliphatic hydroxyl groups excluding tert-OH is 1. The fraction of sp³-hybridized carbons (Fsp3) is 0.357. The van der Waals surface area contributed by atoms with Crippen molar-refractivity contribution in [2.24, 2.45) is 0 Å². The highest BCUT2D eigenvalue weighted by atomic mass is 19.4. The molecular weight excluding hydrogens is 481 g/mol. The number of benzene rings is 2. The summed E-state index contributed by atoms with van der Waals surface area (Å²) in [7, 11) is 0. The monoisotopic (exact) mass is 510 g/mol. The lowest BCUT2D eigenvalue weighted by Crippen LogP contribution is -2.32. The zero-order chi connectivity index (χ0) is 26.2. The lowest BCUT2D eigenvalue weighted by molar-refractivity contribution is -0.137. The number of aromatic nitrogens is 3. The highest BCUT2D eigenvalue weighted by Crippen LogP contribution is 2.37. The van der Waals surface area contributed by atoms with Crippen LogP contribution in [0.25, 0.3) is 28.0 Å². The van der Waals surface area contributed by atoms with E-state index in [1.807, 2.05) is 43.0 Å². The summed E-state index contributed by atoms with van der Waals surface area (Å²) in [6.45, 7) is 5.32. The third kappa shape index (κ3) is 4.93. The smallest absolute Gasteiger partial charge is 0.394 e. The van der Waals surface area contributed by atoms with Crippen LogP contribution in [-0.2, 0) is 17.5 Å². The first-order valence-corrected chi connectivity index (χ1v) is 12.4. The molecule has 194 valence electrons. The van der Waals surface area contributed by atoms with Crippen LogP contribution in [0.3, 0.4) is 0 Å². The molecule has 0 aliphatic carbocycles. The zero-order valence-corrected chi connectivity index (χ0v) is 20.8. The van der Waals surface area contributed by atoms with Crippen LogP contribution in [0, 0.1) is 6.92 Å². The van der Waals surface area contributed by atoms with Crippen LogP contribution in [0.5, 0.6) is 0 Å². The van der Waals surface area contributed by atoms with Gasteiger partial charge in [-0.05, 0) is 44.4 Å². The molecule has 0 radical (unpaired) electrons. The van der Waals surface area contributed by atoms with Gasteiger partial charge in [0.25, 0.3) is 0 Å². The quantitative estimate of drug-likeness (QED) is 0.336. The topological polar surface area (TPSA) is 62.9 Å². The Morgan fingerprint density at radius 3 is 2.57 bits per heavy atom. The highest BCUT2D eigenvalue weighted by molar-refractivity contribution is 5.83. The van der Waals surface area contributed by atoms with Crippen LogP contribution >= 0.6 is 0 Å². The number of aryl methyl sites for hydroxylation is 1. The number of rotatable bonds is 7. The van der Waals surface area contributed by atoms with Crippen molar-refractivity contribution in [3.8, 4) is 22.4 Å². The number of fused-ring (bicyclic) bond motifs is 1. The molecule has 1 atom stereocenters. The molecule has 9 heteroatoms. The van der Waals surface area contributed by atoms with Crippen LogP contribution in [0.4, 0.5) is 19.0 Å². The predicted octanol–water partition coefficient (Wildman–Crippen LogP) is 5.89. The molecule has 2 aromatic carbocycles. The summed E-state index contributed by atoms with van der Waals surface area (Å²) in [5.74, 6) is 0.604. The first kappa shape index (κ1) is 25.2. The third-order valence-corrected chi connectivity index (χ3v) is 6.80. The molecule has 0 spiro atoms. The third-order valence-electron chi connectivity index (χ3n) is 6.80. The van der Waals surface area contributed by atoms with E-state index < -0.39 is 11.7 Å². The normalized spacial score (nSPS) is 16.2. The van der Waals surface area contributed by atoms with Gasteiger partial charge in [0.1, 0.15) is 5.82 Å². The number of ether oxygens (including phenoxy) is 1. The SMILES string of the molecule is CCOCc1nn2c(-c3cccc(C(F)(F)F)c3)cc(N3CCCC3CO)nc2c1-c1ccc(C)cc1. The van der Waals surface area contributed by atoms with Crippen molar-refractivity contribution in [2.45, 2.75) is 45.5 Å². The number of hydrogen-bond acceptors (Lipinski definition) is 5. The average Bonchev–Trinajstić information content (AvgIpc) is 3.51. The number of anilines is 1. The first-order valence-electron chi connectivity index (χ1n) is 12.4. The maximum atomic E-state index is 13.6. The molecule has 37 heavy (non-hydrogen) atoms. The Morgan fingerprint density at radius 2 is 1.86 bits per heavy atom. The van der Waals surface area contributed by atoms with Gasteiger partial charge >= 0.3 is 6.18 Å². The summed E-state index contributed by atoms with van der Waals surface area (Å²) in [5, 5.41) is 14.8. The van der Waals surface area contributed by atoms with E-state index in [9.17, 15) is 18.3 Å². The Bertz CT molecular complexity index is 1400. The van der Waals surface area contributed by atoms with E-state index in [-0.39, 0.29) is 19.3 Å². The predicted molar refractivity (Wildman–Crippen MR) is 136 cm³/mol. The van der Waals surface area contributed by atoms with E-state index in [1.54, 1.807) is 16.6 Å². The minimum atomic E-state index is -4.47. The van der Waals surface area contributed by atoms with Crippen molar-refractivity contribution in [3.63, 3.8) is 0 Å². The minimum absolute atomic E-state index is 0.0224. The van der Waals surface area contributed by atoms with Crippen molar-refractivity contribution < 1.29 is 23.0 Å². The summed E-state index contributed by atoms with van der Waals surface area (Å²) in [6, 6.07) is 14.9. The van der Waals surface area contributed by atoms with Crippen LogP contribution in [0.2, 0.25) is 0 Å². The van der Waals surface area contributed by atoms with Gasteiger partial charge in [-0.3, -0.25) is 0 Å².